The Morgan fingerprint density at radius 3 is 1.44 bits per heavy atom. The number of hydrogen-bond acceptors (Lipinski definition) is 17. The van der Waals surface area contributed by atoms with Gasteiger partial charge in [0.2, 0.25) is 5.91 Å². The first-order valence-electron chi connectivity index (χ1n) is 37.2. The summed E-state index contributed by atoms with van der Waals surface area (Å²) in [5, 5.41) is 0. The van der Waals surface area contributed by atoms with Crippen LogP contribution in [0.5, 0.6) is 11.5 Å². The van der Waals surface area contributed by atoms with Crippen molar-refractivity contribution in [3.05, 3.63) is 167 Å². The van der Waals surface area contributed by atoms with Crippen LogP contribution in [0.3, 0.4) is 0 Å². The minimum Gasteiger partial charge on any atom is -0.497 e. The number of ketones is 1. The summed E-state index contributed by atoms with van der Waals surface area (Å²) in [6.45, 7) is 17.6. The van der Waals surface area contributed by atoms with E-state index in [9.17, 15) is 24.0 Å². The average Bonchev–Trinajstić information content (AvgIpc) is 0.962. The van der Waals surface area contributed by atoms with Crippen molar-refractivity contribution in [1.29, 1.82) is 0 Å². The second-order valence-electron chi connectivity index (χ2n) is 28.5. The van der Waals surface area contributed by atoms with Crippen LogP contribution in [-0.2, 0) is 67.4 Å². The summed E-state index contributed by atoms with van der Waals surface area (Å²) in [6, 6.07) is 44.0. The van der Waals surface area contributed by atoms with Crippen molar-refractivity contribution in [1.82, 2.24) is 4.90 Å². The average molecular weight is 1390 g/mol. The lowest BCUT2D eigenvalue weighted by molar-refractivity contribution is -0.345. The molecule has 15 unspecified atom stereocenters. The molecule has 0 radical (unpaired) electrons. The van der Waals surface area contributed by atoms with Crippen LogP contribution in [0.2, 0.25) is 0 Å². The molecule has 4 fully saturated rings. The SMILES string of the molecule is COc1ccc(C(OC[C@@H]2CCCN2C(=O)CCCCCCC(=O)CCCCCCCCOC2OC(COC3OC(COC(=O)c4ccccc4)C(C)C(C)C3C)C(C)C(OC3OC(COC(=O)c4ccccc4)C(C)C(C)C3C)C2OC(C)=O)(c2ccccc2)c2ccc(OC)cc2)cc1. The van der Waals surface area contributed by atoms with Crippen LogP contribution in [-0.4, -0.2) is 144 Å². The van der Waals surface area contributed by atoms with Crippen LogP contribution in [0, 0.1) is 41.4 Å². The largest absolute Gasteiger partial charge is 0.497 e. The number of carbonyl (C=O) groups excluding carboxylic acids is 5. The van der Waals surface area contributed by atoms with Crippen molar-refractivity contribution in [3.63, 3.8) is 0 Å². The van der Waals surface area contributed by atoms with Crippen molar-refractivity contribution in [2.45, 2.75) is 213 Å². The van der Waals surface area contributed by atoms with Crippen LogP contribution < -0.4 is 9.47 Å². The van der Waals surface area contributed by atoms with Crippen molar-refractivity contribution >= 4 is 29.6 Å². The Morgan fingerprint density at radius 1 is 0.455 bits per heavy atom. The molecule has 0 saturated carbocycles. The number of unbranched alkanes of at least 4 members (excludes halogenated alkanes) is 8. The number of benzene rings is 5. The Morgan fingerprint density at radius 2 is 0.911 bits per heavy atom. The van der Waals surface area contributed by atoms with E-state index in [1.54, 1.807) is 62.8 Å². The van der Waals surface area contributed by atoms with Crippen molar-refractivity contribution in [3.8, 4) is 11.5 Å². The highest BCUT2D eigenvalue weighted by molar-refractivity contribution is 5.89. The lowest BCUT2D eigenvalue weighted by Crippen LogP contribution is -2.60. The van der Waals surface area contributed by atoms with Gasteiger partial charge in [-0.25, -0.2) is 9.59 Å². The van der Waals surface area contributed by atoms with Gasteiger partial charge in [-0.2, -0.15) is 0 Å². The van der Waals surface area contributed by atoms with E-state index in [0.29, 0.717) is 50.1 Å². The van der Waals surface area contributed by atoms with Gasteiger partial charge in [-0.3, -0.25) is 14.4 Å². The molecule has 550 valence electrons. The summed E-state index contributed by atoms with van der Waals surface area (Å²) < 4.78 is 76.5. The van der Waals surface area contributed by atoms with Gasteiger partial charge in [-0.05, 0) is 127 Å². The molecule has 9 rings (SSSR count). The molecule has 5 aromatic carbocycles. The summed E-state index contributed by atoms with van der Waals surface area (Å²) >= 11 is 0. The first-order chi connectivity index (χ1) is 48.9. The van der Waals surface area contributed by atoms with Gasteiger partial charge in [0, 0.05) is 57.1 Å². The number of methoxy groups -OCH3 is 2. The zero-order chi connectivity index (χ0) is 71.8. The number of rotatable bonds is 37. The lowest BCUT2D eigenvalue weighted by Gasteiger charge is -2.49. The summed E-state index contributed by atoms with van der Waals surface area (Å²) in [7, 11) is 3.32. The van der Waals surface area contributed by atoms with Crippen LogP contribution in [0.4, 0.5) is 0 Å². The first kappa shape index (κ1) is 78.1. The van der Waals surface area contributed by atoms with E-state index in [1.807, 2.05) is 66.4 Å². The number of amides is 1. The van der Waals surface area contributed by atoms with Crippen molar-refractivity contribution < 1.29 is 80.8 Å². The molecule has 0 spiro atoms. The van der Waals surface area contributed by atoms with Gasteiger partial charge >= 0.3 is 17.9 Å². The number of ether oxygens (including phenoxy) is 12. The molecule has 5 aromatic rings. The third-order valence-electron chi connectivity index (χ3n) is 21.9. The molecular weight excluding hydrogens is 1280 g/mol. The topological polar surface area (TPSA) is 199 Å². The minimum absolute atomic E-state index is 0.0177. The smallest absolute Gasteiger partial charge is 0.338 e. The van der Waals surface area contributed by atoms with Gasteiger partial charge in [0.25, 0.3) is 0 Å². The molecule has 4 saturated heterocycles. The van der Waals surface area contributed by atoms with Crippen LogP contribution in [0.15, 0.2) is 140 Å². The maximum atomic E-state index is 13.9. The molecule has 4 heterocycles. The zero-order valence-corrected chi connectivity index (χ0v) is 61.3. The number of carbonyl (C=O) groups is 5. The van der Waals surface area contributed by atoms with Gasteiger partial charge in [-0.1, -0.05) is 178 Å². The molecule has 101 heavy (non-hydrogen) atoms. The monoisotopic (exact) mass is 1390 g/mol. The fourth-order valence-electron chi connectivity index (χ4n) is 14.7. The highest BCUT2D eigenvalue weighted by Crippen LogP contribution is 2.44. The number of likely N-dealkylation sites (tertiary alicyclic amines) is 1. The van der Waals surface area contributed by atoms with Gasteiger partial charge in [0.15, 0.2) is 25.0 Å². The second-order valence-corrected chi connectivity index (χ2v) is 28.5. The summed E-state index contributed by atoms with van der Waals surface area (Å²) in [5.74, 6) is 0.382. The lowest BCUT2D eigenvalue weighted by atomic mass is 9.79. The molecule has 18 heteroatoms. The van der Waals surface area contributed by atoms with Crippen molar-refractivity contribution in [2.24, 2.45) is 41.4 Å². The summed E-state index contributed by atoms with van der Waals surface area (Å²) in [4.78, 5) is 68.1. The Kier molecular flexibility index (Phi) is 30.2. The number of hydrogen-bond donors (Lipinski definition) is 0. The summed E-state index contributed by atoms with van der Waals surface area (Å²) in [5.41, 5.74) is 2.84. The Hall–Kier alpha value is -7.03. The molecule has 0 aromatic heterocycles. The number of Topliss-reactive ketones (excluding diaryl/α,β-unsaturated/α-hetero) is 1. The van der Waals surface area contributed by atoms with E-state index >= 15 is 0 Å². The Balaban J connectivity index is 0.722. The Labute approximate surface area is 599 Å². The maximum Gasteiger partial charge on any atom is 0.338 e. The van der Waals surface area contributed by atoms with Crippen LogP contribution >= 0.6 is 0 Å². The van der Waals surface area contributed by atoms with Gasteiger partial charge < -0.3 is 61.7 Å². The predicted molar refractivity (Wildman–Crippen MR) is 384 cm³/mol. The molecule has 0 aliphatic carbocycles. The normalized spacial score (nSPS) is 26.7. The number of esters is 3. The van der Waals surface area contributed by atoms with Crippen LogP contribution in [0.1, 0.15) is 189 Å². The molecule has 0 N–H and O–H groups in total. The zero-order valence-electron chi connectivity index (χ0n) is 61.3. The van der Waals surface area contributed by atoms with E-state index in [1.165, 1.54) is 6.92 Å². The molecular formula is C83H111NO17. The fraction of sp³-hybridized carbons (Fsp3) is 0.578. The van der Waals surface area contributed by atoms with E-state index in [0.717, 1.165) is 105 Å². The molecule has 4 aliphatic heterocycles. The van der Waals surface area contributed by atoms with Gasteiger partial charge in [0.1, 0.15) is 42.2 Å². The van der Waals surface area contributed by atoms with E-state index in [4.69, 9.17) is 56.8 Å². The first-order valence-corrected chi connectivity index (χ1v) is 37.2. The van der Waals surface area contributed by atoms with Gasteiger partial charge in [0.05, 0.1) is 62.9 Å². The fourth-order valence-corrected chi connectivity index (χ4v) is 14.7. The molecule has 0 bridgehead atoms. The summed E-state index contributed by atoms with van der Waals surface area (Å²) in [6.07, 6.45) is 6.39. The number of nitrogens with zero attached hydrogens (tertiary/aromatic N) is 1. The van der Waals surface area contributed by atoms with Gasteiger partial charge in [-0.15, -0.1) is 0 Å². The standard InChI is InChI=1S/C83H111NO17/c1-55-57(3)72(52-93-78(88)63-31-20-17-21-32-63)98-80(59(55)5)95-54-74-61(7)76(101-81-60(6)56(2)58(4)73(99-81)53-94-79(89)64-33-22-18-23-34-64)77(97-62(8)85)82(100-74)92-50-29-16-12-11-13-26-38-69(86)39-27-14-15-28-40-75(87)84-49-30-37-68(84)51-96-83(65-35-24-19-25-36-65,66-41-45-70(90-9)46-42-66)67-43-47-71(91-10)48-44-67/h17-25,31-36,41-48,55-61,68,72-74,76-77,80-82H,11-16,26-30,37-40,49-54H2,1-10H3/t55?,56?,57?,58?,59?,60?,61?,68-,72?,73?,74?,76?,77?,80?,81?,82?/m0/s1. The molecule has 16 atom stereocenters. The third kappa shape index (κ3) is 21.1. The van der Waals surface area contributed by atoms with E-state index < -0.39 is 78.8 Å². The highest BCUT2D eigenvalue weighted by Gasteiger charge is 2.52. The molecule has 18 nitrogen and oxygen atoms in total. The second kappa shape index (κ2) is 39.0. The van der Waals surface area contributed by atoms with E-state index in [2.05, 4.69) is 77.9 Å². The molecule has 1 amide bonds. The molecule has 4 aliphatic rings. The van der Waals surface area contributed by atoms with E-state index in [-0.39, 0.29) is 73.1 Å². The highest BCUT2D eigenvalue weighted by atomic mass is 16.7. The predicted octanol–water partition coefficient (Wildman–Crippen LogP) is 15.3. The minimum atomic E-state index is -1.02. The van der Waals surface area contributed by atoms with Crippen LogP contribution in [0.25, 0.3) is 0 Å². The van der Waals surface area contributed by atoms with Crippen molar-refractivity contribution in [2.75, 3.05) is 53.8 Å². The quantitative estimate of drug-likeness (QED) is 0.0157. The Bertz CT molecular complexity index is 3270. The maximum absolute atomic E-state index is 13.9. The third-order valence-corrected chi connectivity index (χ3v) is 21.9.